The Morgan fingerprint density at radius 1 is 0.343 bits per heavy atom. The van der Waals surface area contributed by atoms with E-state index in [4.69, 9.17) is 0 Å². The van der Waals surface area contributed by atoms with E-state index in [2.05, 4.69) is 258 Å². The first-order valence-corrected chi connectivity index (χ1v) is 25.0. The fourth-order valence-corrected chi connectivity index (χ4v) is 11.7. The van der Waals surface area contributed by atoms with Crippen molar-refractivity contribution in [2.24, 2.45) is 0 Å². The second kappa shape index (κ2) is 17.9. The van der Waals surface area contributed by atoms with Gasteiger partial charge in [0.15, 0.2) is 0 Å². The summed E-state index contributed by atoms with van der Waals surface area (Å²) in [5, 5.41) is 7.66. The van der Waals surface area contributed by atoms with Crippen molar-refractivity contribution in [2.75, 3.05) is 4.90 Å². The highest BCUT2D eigenvalue weighted by Crippen LogP contribution is 2.49. The zero-order chi connectivity index (χ0) is 46.4. The molecule has 0 unspecified atom stereocenters. The van der Waals surface area contributed by atoms with Crippen LogP contribution in [0.2, 0.25) is 0 Å². The summed E-state index contributed by atoms with van der Waals surface area (Å²) in [7, 11) is 0. The molecule has 13 rings (SSSR count). The highest BCUT2D eigenvalue weighted by Gasteiger charge is 2.25. The van der Waals surface area contributed by atoms with Crippen molar-refractivity contribution >= 4 is 60.4 Å². The Hall–Kier alpha value is -8.46. The number of fused-ring (bicyclic) bond motifs is 5. The van der Waals surface area contributed by atoms with Gasteiger partial charge in [0.2, 0.25) is 0 Å². The third-order valence-corrected chi connectivity index (χ3v) is 15.0. The van der Waals surface area contributed by atoms with Gasteiger partial charge in [0.25, 0.3) is 0 Å². The van der Waals surface area contributed by atoms with Crippen molar-refractivity contribution in [3.05, 3.63) is 254 Å². The van der Waals surface area contributed by atoms with Gasteiger partial charge in [0.1, 0.15) is 0 Å². The van der Waals surface area contributed by atoms with Gasteiger partial charge in [0.05, 0.1) is 22.4 Å². The van der Waals surface area contributed by atoms with Crippen molar-refractivity contribution in [3.63, 3.8) is 0 Å². The maximum absolute atomic E-state index is 2.55. The van der Waals surface area contributed by atoms with Crippen LogP contribution >= 0.6 is 0 Å². The number of anilines is 3. The molecule has 0 aliphatic heterocycles. The van der Waals surface area contributed by atoms with E-state index in [0.717, 1.165) is 28.3 Å². The molecule has 1 aliphatic carbocycles. The molecule has 11 aromatic carbocycles. The molecule has 2 heteroatoms. The number of rotatable bonds is 9. The quantitative estimate of drug-likeness (QED) is 0.140. The minimum Gasteiger partial charge on any atom is -0.309 e. The Morgan fingerprint density at radius 2 is 0.957 bits per heavy atom. The SMILES string of the molecule is c1ccc(-c2ccc(-c3cccc4ccccc34)cc2N(c2cccc(-c3ccc4c5ccccc5n(-c5ccccc5)c4c3)c2)c2ccccc2-c2cccc3cccc(C4CCCCC4)c23)cc1. The molecule has 2 nitrogen and oxygen atoms in total. The Bertz CT molecular complexity index is 3860. The number of benzene rings is 11. The van der Waals surface area contributed by atoms with Crippen molar-refractivity contribution in [1.82, 2.24) is 4.57 Å². The summed E-state index contributed by atoms with van der Waals surface area (Å²) in [4.78, 5) is 2.55. The molecule has 1 aromatic heterocycles. The van der Waals surface area contributed by atoms with E-state index < -0.39 is 0 Å². The van der Waals surface area contributed by atoms with E-state index >= 15 is 0 Å². The zero-order valence-corrected chi connectivity index (χ0v) is 39.2. The molecule has 0 N–H and O–H groups in total. The lowest BCUT2D eigenvalue weighted by molar-refractivity contribution is 0.445. The predicted octanol–water partition coefficient (Wildman–Crippen LogP) is 19.3. The minimum atomic E-state index is 0.554. The molecule has 0 saturated heterocycles. The van der Waals surface area contributed by atoms with Gasteiger partial charge in [-0.25, -0.2) is 0 Å². The smallest absolute Gasteiger partial charge is 0.0547 e. The molecule has 70 heavy (non-hydrogen) atoms. The largest absolute Gasteiger partial charge is 0.309 e. The van der Waals surface area contributed by atoms with Crippen LogP contribution in [0.1, 0.15) is 43.6 Å². The van der Waals surface area contributed by atoms with Gasteiger partial charge < -0.3 is 9.47 Å². The molecule has 0 amide bonds. The van der Waals surface area contributed by atoms with E-state index in [9.17, 15) is 0 Å². The van der Waals surface area contributed by atoms with E-state index in [-0.39, 0.29) is 0 Å². The van der Waals surface area contributed by atoms with Crippen molar-refractivity contribution in [1.29, 1.82) is 0 Å². The Kier molecular flexibility index (Phi) is 10.7. The number of para-hydroxylation sites is 3. The molecular weight excluding hydrogens is 845 g/mol. The number of hydrogen-bond donors (Lipinski definition) is 0. The molecule has 0 spiro atoms. The number of aromatic nitrogens is 1. The highest BCUT2D eigenvalue weighted by molar-refractivity contribution is 6.11. The summed E-state index contributed by atoms with van der Waals surface area (Å²) in [6.07, 6.45) is 6.40. The van der Waals surface area contributed by atoms with Crippen LogP contribution in [0.5, 0.6) is 0 Å². The predicted molar refractivity (Wildman–Crippen MR) is 298 cm³/mol. The van der Waals surface area contributed by atoms with Gasteiger partial charge in [-0.2, -0.15) is 0 Å². The van der Waals surface area contributed by atoms with Crippen LogP contribution in [0.4, 0.5) is 17.1 Å². The van der Waals surface area contributed by atoms with Gasteiger partial charge in [-0.3, -0.25) is 0 Å². The Balaban J connectivity index is 1.07. The standard InChI is InChI=1S/C68H52N2/c1-4-20-48(21-5-1)58-42-41-53(57-35-17-25-47-24-10-11-32-56(47)57)46-66(58)70(65-39-15-13-34-61(65)63-37-19-27-50-26-18-36-59(68(50)63)49-22-6-2-7-23-49)55-31-16-28-51(44-55)52-40-43-62-60-33-12-14-38-64(60)69(67(62)45-52)54-29-8-3-9-30-54/h1,3-5,8-21,24-46,49H,2,6-7,22-23H2. The fourth-order valence-electron chi connectivity index (χ4n) is 11.7. The number of nitrogens with zero attached hydrogens (tertiary/aromatic N) is 2. The summed E-state index contributed by atoms with van der Waals surface area (Å²) in [5.41, 5.74) is 17.9. The van der Waals surface area contributed by atoms with Crippen LogP contribution in [-0.4, -0.2) is 4.57 Å². The molecule has 0 radical (unpaired) electrons. The van der Waals surface area contributed by atoms with Crippen LogP contribution in [-0.2, 0) is 0 Å². The first-order valence-electron chi connectivity index (χ1n) is 25.0. The summed E-state index contributed by atoms with van der Waals surface area (Å²) in [5.74, 6) is 0.554. The van der Waals surface area contributed by atoms with E-state index in [0.29, 0.717) is 5.92 Å². The normalized spacial score (nSPS) is 13.1. The summed E-state index contributed by atoms with van der Waals surface area (Å²) < 4.78 is 2.41. The average molecular weight is 897 g/mol. The molecule has 334 valence electrons. The number of hydrogen-bond acceptors (Lipinski definition) is 1. The summed E-state index contributed by atoms with van der Waals surface area (Å²) in [6, 6.07) is 92.3. The van der Waals surface area contributed by atoms with Gasteiger partial charge in [0, 0.05) is 33.3 Å². The van der Waals surface area contributed by atoms with Crippen molar-refractivity contribution in [3.8, 4) is 50.2 Å². The maximum atomic E-state index is 2.55. The second-order valence-corrected chi connectivity index (χ2v) is 19.0. The third-order valence-electron chi connectivity index (χ3n) is 15.0. The summed E-state index contributed by atoms with van der Waals surface area (Å²) in [6.45, 7) is 0. The van der Waals surface area contributed by atoms with Gasteiger partial charge in [-0.15, -0.1) is 0 Å². The van der Waals surface area contributed by atoms with Crippen LogP contribution in [0, 0.1) is 0 Å². The first kappa shape index (κ1) is 41.7. The molecule has 1 heterocycles. The molecule has 0 atom stereocenters. The molecular formula is C68H52N2. The van der Waals surface area contributed by atoms with Crippen LogP contribution in [0.25, 0.3) is 93.5 Å². The maximum Gasteiger partial charge on any atom is 0.0547 e. The molecule has 1 saturated carbocycles. The molecule has 1 fully saturated rings. The van der Waals surface area contributed by atoms with E-state index in [1.54, 1.807) is 0 Å². The van der Waals surface area contributed by atoms with Gasteiger partial charge in [-0.1, -0.05) is 219 Å². The third kappa shape index (κ3) is 7.36. The van der Waals surface area contributed by atoms with Crippen LogP contribution in [0.15, 0.2) is 249 Å². The average Bonchev–Trinajstić information content (AvgIpc) is 3.77. The van der Waals surface area contributed by atoms with E-state index in [1.807, 2.05) is 0 Å². The lowest BCUT2D eigenvalue weighted by atomic mass is 9.80. The van der Waals surface area contributed by atoms with Gasteiger partial charge >= 0.3 is 0 Å². The van der Waals surface area contributed by atoms with Gasteiger partial charge in [-0.05, 0) is 128 Å². The zero-order valence-electron chi connectivity index (χ0n) is 39.2. The first-order chi connectivity index (χ1) is 34.7. The lowest BCUT2D eigenvalue weighted by Crippen LogP contribution is -2.13. The Morgan fingerprint density at radius 3 is 1.81 bits per heavy atom. The van der Waals surface area contributed by atoms with Crippen molar-refractivity contribution < 1.29 is 0 Å². The van der Waals surface area contributed by atoms with Crippen LogP contribution < -0.4 is 4.90 Å². The van der Waals surface area contributed by atoms with Crippen LogP contribution in [0.3, 0.4) is 0 Å². The fraction of sp³-hybridized carbons (Fsp3) is 0.0882. The minimum absolute atomic E-state index is 0.554. The monoisotopic (exact) mass is 896 g/mol. The lowest BCUT2D eigenvalue weighted by Gasteiger charge is -2.31. The molecule has 12 aromatic rings. The topological polar surface area (TPSA) is 8.17 Å². The molecule has 1 aliphatic rings. The van der Waals surface area contributed by atoms with Crippen molar-refractivity contribution in [2.45, 2.75) is 38.0 Å². The second-order valence-electron chi connectivity index (χ2n) is 19.0. The summed E-state index contributed by atoms with van der Waals surface area (Å²) >= 11 is 0. The Labute approximate surface area is 410 Å². The molecule has 0 bridgehead atoms. The van der Waals surface area contributed by atoms with E-state index in [1.165, 1.54) is 120 Å². The highest BCUT2D eigenvalue weighted by atomic mass is 15.1.